The summed E-state index contributed by atoms with van der Waals surface area (Å²) >= 11 is 0. The van der Waals surface area contributed by atoms with E-state index in [1.807, 2.05) is 0 Å². The number of aromatic amines is 1. The van der Waals surface area contributed by atoms with Crippen molar-refractivity contribution in [3.63, 3.8) is 0 Å². The molecule has 1 aromatic carbocycles. The van der Waals surface area contributed by atoms with E-state index in [0.29, 0.717) is 5.92 Å². The number of H-pyrrole nitrogens is 1. The number of fused-ring (bicyclic) bond motifs is 1. The van der Waals surface area contributed by atoms with Crippen molar-refractivity contribution in [3.05, 3.63) is 57.6 Å². The Labute approximate surface area is 135 Å². The highest BCUT2D eigenvalue weighted by Gasteiger charge is 2.26. The molecule has 0 aliphatic carbocycles. The lowest BCUT2D eigenvalue weighted by Gasteiger charge is -2.32. The Morgan fingerprint density at radius 2 is 1.96 bits per heavy atom. The van der Waals surface area contributed by atoms with Crippen LogP contribution in [-0.2, 0) is 13.0 Å². The molecule has 1 saturated heterocycles. The van der Waals surface area contributed by atoms with Crippen LogP contribution < -0.4 is 11.0 Å². The van der Waals surface area contributed by atoms with Gasteiger partial charge in [0.25, 0.3) is 0 Å². The molecule has 0 saturated carbocycles. The molecule has 2 aliphatic heterocycles. The number of benzene rings is 1. The highest BCUT2D eigenvalue weighted by atomic mass is 16.1. The molecule has 3 heterocycles. The van der Waals surface area contributed by atoms with E-state index in [9.17, 15) is 4.79 Å². The lowest BCUT2D eigenvalue weighted by molar-refractivity contribution is 0.203. The maximum absolute atomic E-state index is 11.8. The number of likely N-dealkylation sites (tertiary alicyclic amines) is 1. The van der Waals surface area contributed by atoms with E-state index in [0.717, 1.165) is 57.0 Å². The molecular weight excluding hydrogens is 288 g/mol. The Bertz CT molecular complexity index is 732. The van der Waals surface area contributed by atoms with Crippen LogP contribution in [0.3, 0.4) is 0 Å². The minimum atomic E-state index is -0.222. The summed E-state index contributed by atoms with van der Waals surface area (Å²) in [6.07, 6.45) is 3.16. The molecule has 1 fully saturated rings. The van der Waals surface area contributed by atoms with Crippen molar-refractivity contribution in [2.75, 3.05) is 25.0 Å². The Balaban J connectivity index is 1.45. The zero-order valence-electron chi connectivity index (χ0n) is 13.2. The third kappa shape index (κ3) is 3.01. The summed E-state index contributed by atoms with van der Waals surface area (Å²) in [5.74, 6) is 1.25. The van der Waals surface area contributed by atoms with E-state index in [-0.39, 0.29) is 5.69 Å². The first-order valence-corrected chi connectivity index (χ1v) is 8.43. The quantitative estimate of drug-likeness (QED) is 0.911. The third-order valence-electron chi connectivity index (χ3n) is 4.98. The van der Waals surface area contributed by atoms with Crippen LogP contribution in [0.5, 0.6) is 0 Å². The van der Waals surface area contributed by atoms with Gasteiger partial charge in [0.1, 0.15) is 5.82 Å². The van der Waals surface area contributed by atoms with E-state index in [2.05, 4.69) is 50.5 Å². The predicted octanol–water partition coefficient (Wildman–Crippen LogP) is 2.12. The van der Waals surface area contributed by atoms with Gasteiger partial charge in [0, 0.05) is 30.3 Å². The van der Waals surface area contributed by atoms with E-state index in [1.54, 1.807) is 0 Å². The van der Waals surface area contributed by atoms with Gasteiger partial charge in [0.05, 0.1) is 0 Å². The molecule has 4 rings (SSSR count). The molecule has 0 unspecified atom stereocenters. The van der Waals surface area contributed by atoms with Crippen LogP contribution in [0.25, 0.3) is 0 Å². The molecule has 23 heavy (non-hydrogen) atoms. The number of rotatable bonds is 3. The van der Waals surface area contributed by atoms with E-state index < -0.39 is 0 Å². The van der Waals surface area contributed by atoms with E-state index >= 15 is 0 Å². The van der Waals surface area contributed by atoms with Gasteiger partial charge in [0.2, 0.25) is 0 Å². The monoisotopic (exact) mass is 310 g/mol. The Morgan fingerprint density at radius 3 is 2.74 bits per heavy atom. The molecule has 1 aromatic heterocycles. The van der Waals surface area contributed by atoms with Gasteiger partial charge in [-0.3, -0.25) is 4.90 Å². The minimum absolute atomic E-state index is 0.222. The molecule has 0 bridgehead atoms. The van der Waals surface area contributed by atoms with Gasteiger partial charge >= 0.3 is 5.69 Å². The Hall–Kier alpha value is -2.14. The van der Waals surface area contributed by atoms with Crippen LogP contribution >= 0.6 is 0 Å². The number of aromatic nitrogens is 2. The van der Waals surface area contributed by atoms with E-state index in [4.69, 9.17) is 0 Å². The molecule has 5 nitrogen and oxygen atoms in total. The lowest BCUT2D eigenvalue weighted by atomic mass is 9.90. The van der Waals surface area contributed by atoms with Crippen LogP contribution in [0.4, 0.5) is 5.82 Å². The first kappa shape index (κ1) is 14.5. The maximum Gasteiger partial charge on any atom is 0.347 e. The number of nitrogens with one attached hydrogen (secondary N) is 2. The molecule has 0 amide bonds. The standard InChI is InChI=1S/C18H22N4O/c23-18-20-16(15-6-9-19-17(15)21-18)14-7-10-22(11-8-14)12-13-4-2-1-3-5-13/h1-5,14H,6-12H2,(H2,19,20,21,23). The molecular formula is C18H22N4O. The third-order valence-corrected chi connectivity index (χ3v) is 4.98. The number of anilines is 1. The zero-order valence-corrected chi connectivity index (χ0v) is 13.2. The largest absolute Gasteiger partial charge is 0.369 e. The zero-order chi connectivity index (χ0) is 15.6. The fourth-order valence-corrected chi connectivity index (χ4v) is 3.79. The topological polar surface area (TPSA) is 61.0 Å². The minimum Gasteiger partial charge on any atom is -0.369 e. The molecule has 2 aromatic rings. The van der Waals surface area contributed by atoms with Gasteiger partial charge in [-0.25, -0.2) is 4.79 Å². The van der Waals surface area contributed by atoms with E-state index in [1.165, 1.54) is 11.1 Å². The predicted molar refractivity (Wildman–Crippen MR) is 90.7 cm³/mol. The van der Waals surface area contributed by atoms with Crippen LogP contribution in [0.15, 0.2) is 35.1 Å². The van der Waals surface area contributed by atoms with Crippen molar-refractivity contribution in [2.24, 2.45) is 0 Å². The Kier molecular flexibility index (Phi) is 3.87. The summed E-state index contributed by atoms with van der Waals surface area (Å²) in [4.78, 5) is 21.3. The van der Waals surface area contributed by atoms with Crippen LogP contribution in [-0.4, -0.2) is 34.5 Å². The second-order valence-electron chi connectivity index (χ2n) is 6.50. The van der Waals surface area contributed by atoms with Crippen LogP contribution in [0.1, 0.15) is 35.6 Å². The van der Waals surface area contributed by atoms with Gasteiger partial charge in [-0.05, 0) is 37.9 Å². The fraction of sp³-hybridized carbons (Fsp3) is 0.444. The summed E-state index contributed by atoms with van der Waals surface area (Å²) in [7, 11) is 0. The van der Waals surface area contributed by atoms with Gasteiger partial charge in [-0.1, -0.05) is 30.3 Å². The van der Waals surface area contributed by atoms with Crippen LogP contribution in [0, 0.1) is 0 Å². The van der Waals surface area contributed by atoms with Gasteiger partial charge < -0.3 is 10.3 Å². The van der Waals surface area contributed by atoms with Gasteiger partial charge in [-0.2, -0.15) is 4.98 Å². The van der Waals surface area contributed by atoms with Crippen molar-refractivity contribution in [3.8, 4) is 0 Å². The van der Waals surface area contributed by atoms with Gasteiger partial charge in [-0.15, -0.1) is 0 Å². The number of piperidine rings is 1. The van der Waals surface area contributed by atoms with Gasteiger partial charge in [0.15, 0.2) is 0 Å². The summed E-state index contributed by atoms with van der Waals surface area (Å²) in [5, 5.41) is 3.22. The second kappa shape index (κ2) is 6.16. The number of nitrogens with zero attached hydrogens (tertiary/aromatic N) is 2. The fourth-order valence-electron chi connectivity index (χ4n) is 3.79. The summed E-state index contributed by atoms with van der Waals surface area (Å²) in [6.45, 7) is 4.05. The average molecular weight is 310 g/mol. The summed E-state index contributed by atoms with van der Waals surface area (Å²) in [6, 6.07) is 10.6. The molecule has 120 valence electrons. The van der Waals surface area contributed by atoms with Crippen molar-refractivity contribution in [2.45, 2.75) is 31.7 Å². The Morgan fingerprint density at radius 1 is 1.17 bits per heavy atom. The second-order valence-corrected chi connectivity index (χ2v) is 6.50. The van der Waals surface area contributed by atoms with Crippen molar-refractivity contribution in [1.29, 1.82) is 0 Å². The highest BCUT2D eigenvalue weighted by molar-refractivity contribution is 5.51. The van der Waals surface area contributed by atoms with Crippen molar-refractivity contribution in [1.82, 2.24) is 14.9 Å². The smallest absolute Gasteiger partial charge is 0.347 e. The summed E-state index contributed by atoms with van der Waals surface area (Å²) < 4.78 is 0. The molecule has 2 aliphatic rings. The first-order chi connectivity index (χ1) is 11.3. The molecule has 5 heteroatoms. The first-order valence-electron chi connectivity index (χ1n) is 8.43. The lowest BCUT2D eigenvalue weighted by Crippen LogP contribution is -2.33. The number of hydrogen-bond donors (Lipinski definition) is 2. The maximum atomic E-state index is 11.8. The molecule has 0 atom stereocenters. The van der Waals surface area contributed by atoms with Crippen molar-refractivity contribution < 1.29 is 0 Å². The van der Waals surface area contributed by atoms with Crippen LogP contribution in [0.2, 0.25) is 0 Å². The highest BCUT2D eigenvalue weighted by Crippen LogP contribution is 2.32. The molecule has 2 N–H and O–H groups in total. The van der Waals surface area contributed by atoms with Crippen molar-refractivity contribution >= 4 is 5.82 Å². The average Bonchev–Trinajstić information content (AvgIpc) is 3.04. The number of hydrogen-bond acceptors (Lipinski definition) is 4. The molecule has 0 spiro atoms. The normalized spacial score (nSPS) is 18.6. The molecule has 0 radical (unpaired) electrons. The summed E-state index contributed by atoms with van der Waals surface area (Å²) in [5.41, 5.74) is 3.50. The SMILES string of the molecule is O=c1nc2c(c(C3CCN(Cc4ccccc4)CC3)[nH]1)CCN2.